The first kappa shape index (κ1) is 9.86. The molecule has 1 heterocycles. The number of rotatable bonds is 2. The lowest BCUT2D eigenvalue weighted by Gasteiger charge is -2.07. The van der Waals surface area contributed by atoms with E-state index in [1.165, 1.54) is 5.56 Å². The van der Waals surface area contributed by atoms with Crippen LogP contribution in [0.4, 0.5) is 0 Å². The van der Waals surface area contributed by atoms with Crippen LogP contribution < -0.4 is 5.73 Å². The third kappa shape index (κ3) is 2.05. The summed E-state index contributed by atoms with van der Waals surface area (Å²) in [6.07, 6.45) is 1.66. The van der Waals surface area contributed by atoms with Gasteiger partial charge in [0.15, 0.2) is 5.82 Å². The predicted molar refractivity (Wildman–Crippen MR) is 58.2 cm³/mol. The molecule has 0 aliphatic rings. The Morgan fingerprint density at radius 2 is 1.93 bits per heavy atom. The van der Waals surface area contributed by atoms with Crippen molar-refractivity contribution in [3.63, 3.8) is 0 Å². The molecule has 2 N–H and O–H groups in total. The third-order valence-electron chi connectivity index (χ3n) is 2.33. The molecule has 0 aliphatic heterocycles. The number of aromatic nitrogens is 3. The maximum Gasteiger partial charge on any atom is 0.171 e. The Bertz CT molecular complexity index is 444. The van der Waals surface area contributed by atoms with Gasteiger partial charge in [0.1, 0.15) is 6.33 Å². The first-order valence-corrected chi connectivity index (χ1v) is 4.84. The summed E-state index contributed by atoms with van der Waals surface area (Å²) in [5.41, 5.74) is 8.30. The Kier molecular flexibility index (Phi) is 2.51. The topological polar surface area (TPSA) is 56.7 Å². The highest BCUT2D eigenvalue weighted by Crippen LogP contribution is 2.15. The van der Waals surface area contributed by atoms with Crippen molar-refractivity contribution < 1.29 is 0 Å². The zero-order valence-corrected chi connectivity index (χ0v) is 8.88. The zero-order valence-electron chi connectivity index (χ0n) is 8.88. The van der Waals surface area contributed by atoms with Crippen molar-refractivity contribution in [3.8, 4) is 0 Å². The summed E-state index contributed by atoms with van der Waals surface area (Å²) in [6.45, 7) is 2.05. The highest BCUT2D eigenvalue weighted by Gasteiger charge is 2.12. The van der Waals surface area contributed by atoms with E-state index < -0.39 is 0 Å². The molecule has 0 fully saturated rings. The van der Waals surface area contributed by atoms with Gasteiger partial charge in [-0.1, -0.05) is 29.8 Å². The molecule has 78 valence electrons. The first-order chi connectivity index (χ1) is 7.16. The fourth-order valence-corrected chi connectivity index (χ4v) is 1.42. The number of aryl methyl sites for hydroxylation is 2. The molecule has 1 aromatic heterocycles. The highest BCUT2D eigenvalue weighted by atomic mass is 15.3. The third-order valence-corrected chi connectivity index (χ3v) is 2.33. The van der Waals surface area contributed by atoms with Gasteiger partial charge >= 0.3 is 0 Å². The highest BCUT2D eigenvalue weighted by molar-refractivity contribution is 5.27. The SMILES string of the molecule is Cc1ccc([C@@H](N)c2ncn(C)n2)cc1. The largest absolute Gasteiger partial charge is 0.318 e. The monoisotopic (exact) mass is 202 g/mol. The van der Waals surface area contributed by atoms with Crippen LogP contribution in [0.2, 0.25) is 0 Å². The average molecular weight is 202 g/mol. The molecule has 0 radical (unpaired) electrons. The molecule has 15 heavy (non-hydrogen) atoms. The van der Waals surface area contributed by atoms with E-state index in [1.807, 2.05) is 38.2 Å². The van der Waals surface area contributed by atoms with Crippen molar-refractivity contribution in [3.05, 3.63) is 47.5 Å². The molecule has 1 aromatic carbocycles. The fraction of sp³-hybridized carbons (Fsp3) is 0.273. The van der Waals surface area contributed by atoms with E-state index in [9.17, 15) is 0 Å². The molecule has 0 saturated heterocycles. The Balaban J connectivity index is 2.28. The minimum atomic E-state index is -0.244. The minimum Gasteiger partial charge on any atom is -0.318 e. The van der Waals surface area contributed by atoms with E-state index in [0.717, 1.165) is 5.56 Å². The quantitative estimate of drug-likeness (QED) is 0.795. The van der Waals surface area contributed by atoms with Gasteiger partial charge in [-0.3, -0.25) is 4.68 Å². The zero-order chi connectivity index (χ0) is 10.8. The molecule has 1 atom stereocenters. The van der Waals surface area contributed by atoms with Gasteiger partial charge in [0.05, 0.1) is 6.04 Å². The second-order valence-corrected chi connectivity index (χ2v) is 3.66. The summed E-state index contributed by atoms with van der Waals surface area (Å²) in [4.78, 5) is 4.14. The summed E-state index contributed by atoms with van der Waals surface area (Å²) < 4.78 is 1.66. The van der Waals surface area contributed by atoms with Crippen LogP contribution in [-0.4, -0.2) is 14.8 Å². The van der Waals surface area contributed by atoms with Crippen LogP contribution in [0.3, 0.4) is 0 Å². The van der Waals surface area contributed by atoms with Crippen LogP contribution in [0, 0.1) is 6.92 Å². The molecular weight excluding hydrogens is 188 g/mol. The van der Waals surface area contributed by atoms with Crippen LogP contribution in [0.15, 0.2) is 30.6 Å². The van der Waals surface area contributed by atoms with Crippen LogP contribution in [0.5, 0.6) is 0 Å². The van der Waals surface area contributed by atoms with E-state index in [4.69, 9.17) is 5.73 Å². The molecule has 2 aromatic rings. The number of nitrogens with zero attached hydrogens (tertiary/aromatic N) is 3. The second kappa shape index (κ2) is 3.82. The van der Waals surface area contributed by atoms with Gasteiger partial charge in [-0.2, -0.15) is 5.10 Å². The maximum absolute atomic E-state index is 6.04. The van der Waals surface area contributed by atoms with Crippen molar-refractivity contribution in [2.24, 2.45) is 12.8 Å². The second-order valence-electron chi connectivity index (χ2n) is 3.66. The summed E-state index contributed by atoms with van der Waals surface area (Å²) in [5, 5.41) is 4.19. The van der Waals surface area contributed by atoms with E-state index in [2.05, 4.69) is 10.1 Å². The van der Waals surface area contributed by atoms with Crippen molar-refractivity contribution in [1.82, 2.24) is 14.8 Å². The first-order valence-electron chi connectivity index (χ1n) is 4.84. The number of hydrogen-bond donors (Lipinski definition) is 1. The Hall–Kier alpha value is -1.68. The van der Waals surface area contributed by atoms with Crippen molar-refractivity contribution in [1.29, 1.82) is 0 Å². The van der Waals surface area contributed by atoms with Crippen molar-refractivity contribution in [2.45, 2.75) is 13.0 Å². The van der Waals surface area contributed by atoms with E-state index >= 15 is 0 Å². The van der Waals surface area contributed by atoms with Gasteiger partial charge in [0, 0.05) is 7.05 Å². The average Bonchev–Trinajstić information content (AvgIpc) is 2.65. The smallest absolute Gasteiger partial charge is 0.171 e. The molecule has 4 nitrogen and oxygen atoms in total. The van der Waals surface area contributed by atoms with Crippen molar-refractivity contribution in [2.75, 3.05) is 0 Å². The fourth-order valence-electron chi connectivity index (χ4n) is 1.42. The minimum absolute atomic E-state index is 0.244. The molecule has 0 bridgehead atoms. The van der Waals surface area contributed by atoms with E-state index in [-0.39, 0.29) is 6.04 Å². The van der Waals surface area contributed by atoms with Crippen molar-refractivity contribution >= 4 is 0 Å². The Morgan fingerprint density at radius 3 is 2.47 bits per heavy atom. The van der Waals surface area contributed by atoms with Crippen LogP contribution in [-0.2, 0) is 7.05 Å². The number of nitrogens with two attached hydrogens (primary N) is 1. The molecule has 2 rings (SSSR count). The molecule has 0 saturated carbocycles. The van der Waals surface area contributed by atoms with Gasteiger partial charge in [0.2, 0.25) is 0 Å². The number of benzene rings is 1. The summed E-state index contributed by atoms with van der Waals surface area (Å²) >= 11 is 0. The molecular formula is C11H14N4. The van der Waals surface area contributed by atoms with Crippen LogP contribution in [0.1, 0.15) is 23.0 Å². The van der Waals surface area contributed by atoms with Gasteiger partial charge < -0.3 is 5.73 Å². The van der Waals surface area contributed by atoms with Gasteiger partial charge in [0.25, 0.3) is 0 Å². The summed E-state index contributed by atoms with van der Waals surface area (Å²) in [5.74, 6) is 0.654. The van der Waals surface area contributed by atoms with Crippen LogP contribution >= 0.6 is 0 Å². The van der Waals surface area contributed by atoms with Gasteiger partial charge in [-0.05, 0) is 12.5 Å². The maximum atomic E-state index is 6.04. The van der Waals surface area contributed by atoms with Crippen LogP contribution in [0.25, 0.3) is 0 Å². The lowest BCUT2D eigenvalue weighted by atomic mass is 10.1. The number of hydrogen-bond acceptors (Lipinski definition) is 3. The van der Waals surface area contributed by atoms with E-state index in [0.29, 0.717) is 5.82 Å². The summed E-state index contributed by atoms with van der Waals surface area (Å²) in [6, 6.07) is 7.86. The van der Waals surface area contributed by atoms with E-state index in [1.54, 1.807) is 11.0 Å². The molecule has 0 amide bonds. The normalized spacial score (nSPS) is 12.7. The molecule has 0 aliphatic carbocycles. The predicted octanol–water partition coefficient (Wildman–Crippen LogP) is 1.17. The Morgan fingerprint density at radius 1 is 1.27 bits per heavy atom. The lowest BCUT2D eigenvalue weighted by Crippen LogP contribution is -2.14. The van der Waals surface area contributed by atoms with Gasteiger partial charge in [-0.15, -0.1) is 0 Å². The molecule has 0 spiro atoms. The lowest BCUT2D eigenvalue weighted by molar-refractivity contribution is 0.712. The van der Waals surface area contributed by atoms with Gasteiger partial charge in [-0.25, -0.2) is 4.98 Å². The molecule has 4 heteroatoms. The summed E-state index contributed by atoms with van der Waals surface area (Å²) in [7, 11) is 1.83. The standard InChI is InChI=1S/C11H14N4/c1-8-3-5-9(6-4-8)10(12)11-13-7-15(2)14-11/h3-7,10H,12H2,1-2H3/t10-/m1/s1. The molecule has 0 unspecified atom stereocenters. The Labute approximate surface area is 88.8 Å².